The molecule has 2 aliphatic heterocycles. The summed E-state index contributed by atoms with van der Waals surface area (Å²) < 4.78 is 6.43. The third kappa shape index (κ3) is 3.41. The van der Waals surface area contributed by atoms with Crippen LogP contribution in [0.25, 0.3) is 10.9 Å². The first-order chi connectivity index (χ1) is 14.4. The van der Waals surface area contributed by atoms with E-state index in [1.54, 1.807) is 0 Å². The lowest BCUT2D eigenvalue weighted by Crippen LogP contribution is -2.51. The highest BCUT2D eigenvalue weighted by molar-refractivity contribution is 5.84. The van der Waals surface area contributed by atoms with Gasteiger partial charge in [-0.25, -0.2) is 0 Å². The molecule has 3 heterocycles. The van der Waals surface area contributed by atoms with Crippen molar-refractivity contribution in [2.45, 2.75) is 50.9 Å². The van der Waals surface area contributed by atoms with Crippen molar-refractivity contribution < 1.29 is 14.9 Å². The molecule has 2 atom stereocenters. The van der Waals surface area contributed by atoms with E-state index in [-0.39, 0.29) is 5.60 Å². The second-order valence-electron chi connectivity index (χ2n) is 9.07. The van der Waals surface area contributed by atoms with E-state index >= 15 is 0 Å². The Hall–Kier alpha value is -2.34. The Labute approximate surface area is 177 Å². The maximum absolute atomic E-state index is 11.0. The van der Waals surface area contributed by atoms with Crippen LogP contribution in [0, 0.1) is 13.8 Å². The zero-order valence-corrected chi connectivity index (χ0v) is 17.7. The summed E-state index contributed by atoms with van der Waals surface area (Å²) in [5, 5.41) is 22.8. The van der Waals surface area contributed by atoms with Gasteiger partial charge in [0.2, 0.25) is 0 Å². The normalized spacial score (nSPS) is 22.1. The van der Waals surface area contributed by atoms with Crippen molar-refractivity contribution in [3.63, 3.8) is 0 Å². The third-order valence-electron chi connectivity index (χ3n) is 6.89. The van der Waals surface area contributed by atoms with Crippen LogP contribution in [0.1, 0.15) is 53.9 Å². The van der Waals surface area contributed by atoms with E-state index in [4.69, 9.17) is 4.74 Å². The van der Waals surface area contributed by atoms with Crippen molar-refractivity contribution >= 4 is 10.9 Å². The number of aliphatic hydroxyl groups is 2. The quantitative estimate of drug-likeness (QED) is 0.611. The van der Waals surface area contributed by atoms with Gasteiger partial charge in [-0.3, -0.25) is 0 Å². The standard InChI is InChI=1S/C25H30N2O3/c1-16-7-8-23-19(13-16)21(28)14-25(30-23)9-11-27(12-10-25)15-22(29)24-17(2)26-20-6-4-3-5-18(20)24/h3-8,13,21-22,26,28-29H,9-12,14-15H2,1-2H3/t21-,22+/m1/s1. The molecule has 0 aliphatic carbocycles. The van der Waals surface area contributed by atoms with Crippen molar-refractivity contribution in [1.29, 1.82) is 0 Å². The van der Waals surface area contributed by atoms with Gasteiger partial charge in [0.15, 0.2) is 0 Å². The van der Waals surface area contributed by atoms with Gasteiger partial charge in [-0.1, -0.05) is 29.8 Å². The predicted molar refractivity (Wildman–Crippen MR) is 118 cm³/mol. The van der Waals surface area contributed by atoms with E-state index in [0.717, 1.165) is 65.0 Å². The van der Waals surface area contributed by atoms with Gasteiger partial charge in [0, 0.05) is 53.8 Å². The Balaban J connectivity index is 1.27. The minimum absolute atomic E-state index is 0.306. The zero-order chi connectivity index (χ0) is 20.9. The van der Waals surface area contributed by atoms with Gasteiger partial charge < -0.3 is 24.8 Å². The molecule has 3 N–H and O–H groups in total. The summed E-state index contributed by atoms with van der Waals surface area (Å²) in [6.07, 6.45) is 1.35. The molecule has 0 unspecified atom stereocenters. The fraction of sp³-hybridized carbons (Fsp3) is 0.440. The van der Waals surface area contributed by atoms with Gasteiger partial charge in [0.25, 0.3) is 0 Å². The Morgan fingerprint density at radius 2 is 1.93 bits per heavy atom. The van der Waals surface area contributed by atoms with Gasteiger partial charge in [-0.05, 0) is 44.9 Å². The van der Waals surface area contributed by atoms with Crippen molar-refractivity contribution in [3.8, 4) is 5.75 Å². The van der Waals surface area contributed by atoms with Crippen LogP contribution in [0.15, 0.2) is 42.5 Å². The Morgan fingerprint density at radius 3 is 2.73 bits per heavy atom. The number of aryl methyl sites for hydroxylation is 2. The predicted octanol–water partition coefficient (Wildman–Crippen LogP) is 4.17. The number of aromatic nitrogens is 1. The molecular formula is C25H30N2O3. The second kappa shape index (κ2) is 7.41. The highest BCUT2D eigenvalue weighted by Gasteiger charge is 2.43. The maximum atomic E-state index is 11.0. The number of β-amino-alcohol motifs (C(OH)–C–C–N with tert-alkyl or cyclic N) is 1. The molecule has 0 amide bonds. The molecule has 5 rings (SSSR count). The monoisotopic (exact) mass is 406 g/mol. The van der Waals surface area contributed by atoms with E-state index < -0.39 is 12.2 Å². The molecule has 1 saturated heterocycles. The van der Waals surface area contributed by atoms with Crippen LogP contribution < -0.4 is 4.74 Å². The number of nitrogens with zero attached hydrogens (tertiary/aromatic N) is 1. The molecule has 1 spiro atoms. The van der Waals surface area contributed by atoms with E-state index in [0.29, 0.717) is 13.0 Å². The summed E-state index contributed by atoms with van der Waals surface area (Å²) in [7, 11) is 0. The molecule has 158 valence electrons. The van der Waals surface area contributed by atoms with E-state index in [2.05, 4.69) is 16.0 Å². The minimum Gasteiger partial charge on any atom is -0.487 e. The number of fused-ring (bicyclic) bond motifs is 2. The van der Waals surface area contributed by atoms with Crippen LogP contribution in [0.3, 0.4) is 0 Å². The van der Waals surface area contributed by atoms with Gasteiger partial charge in [-0.15, -0.1) is 0 Å². The SMILES string of the molecule is Cc1ccc2c(c1)[C@H](O)CC1(CCN(C[C@H](O)c3c(C)[nH]c4ccccc34)CC1)O2. The summed E-state index contributed by atoms with van der Waals surface area (Å²) in [6.45, 7) is 6.38. The molecule has 0 radical (unpaired) electrons. The van der Waals surface area contributed by atoms with Crippen LogP contribution in [-0.2, 0) is 0 Å². The lowest BCUT2D eigenvalue weighted by Gasteiger charge is -2.46. The Bertz CT molecular complexity index is 1070. The topological polar surface area (TPSA) is 68.7 Å². The molecule has 2 aliphatic rings. The molecule has 1 aromatic heterocycles. The van der Waals surface area contributed by atoms with Crippen LogP contribution in [0.4, 0.5) is 0 Å². The number of hydrogen-bond donors (Lipinski definition) is 3. The second-order valence-corrected chi connectivity index (χ2v) is 9.07. The first-order valence-corrected chi connectivity index (χ1v) is 10.9. The number of H-pyrrole nitrogens is 1. The summed E-state index contributed by atoms with van der Waals surface area (Å²) in [6, 6.07) is 14.2. The summed E-state index contributed by atoms with van der Waals surface area (Å²) in [5.74, 6) is 0.822. The largest absolute Gasteiger partial charge is 0.487 e. The lowest BCUT2D eigenvalue weighted by molar-refractivity contribution is -0.0587. The molecule has 0 bridgehead atoms. The molecule has 2 aromatic carbocycles. The molecule has 1 fully saturated rings. The summed E-state index contributed by atoms with van der Waals surface area (Å²) in [4.78, 5) is 5.70. The Morgan fingerprint density at radius 1 is 1.17 bits per heavy atom. The van der Waals surface area contributed by atoms with Crippen LogP contribution in [-0.4, -0.2) is 45.3 Å². The fourth-order valence-electron chi connectivity index (χ4n) is 5.27. The fourth-order valence-corrected chi connectivity index (χ4v) is 5.27. The minimum atomic E-state index is -0.531. The number of benzene rings is 2. The molecule has 30 heavy (non-hydrogen) atoms. The summed E-state index contributed by atoms with van der Waals surface area (Å²) in [5.41, 5.74) is 4.85. The molecular weight excluding hydrogens is 376 g/mol. The lowest BCUT2D eigenvalue weighted by atomic mass is 9.81. The van der Waals surface area contributed by atoms with Crippen molar-refractivity contribution in [3.05, 3.63) is 64.8 Å². The number of nitrogens with one attached hydrogen (secondary N) is 1. The smallest absolute Gasteiger partial charge is 0.125 e. The number of piperidine rings is 1. The van der Waals surface area contributed by atoms with Gasteiger partial charge in [0.1, 0.15) is 11.4 Å². The molecule has 0 saturated carbocycles. The van der Waals surface area contributed by atoms with E-state index in [1.165, 1.54) is 0 Å². The number of hydrogen-bond acceptors (Lipinski definition) is 4. The number of para-hydroxylation sites is 1. The first-order valence-electron chi connectivity index (χ1n) is 10.9. The van der Waals surface area contributed by atoms with E-state index in [1.807, 2.05) is 50.2 Å². The highest BCUT2D eigenvalue weighted by Crippen LogP contribution is 2.44. The number of likely N-dealkylation sites (tertiary alicyclic amines) is 1. The van der Waals surface area contributed by atoms with Crippen LogP contribution in [0.5, 0.6) is 5.75 Å². The number of ether oxygens (including phenoxy) is 1. The van der Waals surface area contributed by atoms with Crippen LogP contribution in [0.2, 0.25) is 0 Å². The van der Waals surface area contributed by atoms with Crippen molar-refractivity contribution in [2.75, 3.05) is 19.6 Å². The average Bonchev–Trinajstić information content (AvgIpc) is 3.06. The molecule has 5 nitrogen and oxygen atoms in total. The molecule has 5 heteroatoms. The summed E-state index contributed by atoms with van der Waals surface area (Å²) >= 11 is 0. The van der Waals surface area contributed by atoms with Gasteiger partial charge in [-0.2, -0.15) is 0 Å². The van der Waals surface area contributed by atoms with Gasteiger partial charge >= 0.3 is 0 Å². The number of aliphatic hydroxyl groups excluding tert-OH is 2. The maximum Gasteiger partial charge on any atom is 0.125 e. The Kier molecular flexibility index (Phi) is 4.85. The number of aromatic amines is 1. The van der Waals surface area contributed by atoms with Crippen LogP contribution >= 0.6 is 0 Å². The van der Waals surface area contributed by atoms with Crippen molar-refractivity contribution in [1.82, 2.24) is 9.88 Å². The average molecular weight is 407 g/mol. The van der Waals surface area contributed by atoms with E-state index in [9.17, 15) is 10.2 Å². The molecule has 3 aromatic rings. The van der Waals surface area contributed by atoms with Crippen molar-refractivity contribution in [2.24, 2.45) is 0 Å². The van der Waals surface area contributed by atoms with Gasteiger partial charge in [0.05, 0.1) is 12.2 Å². The first kappa shape index (κ1) is 19.6. The number of rotatable bonds is 3. The third-order valence-corrected chi connectivity index (χ3v) is 6.89. The highest BCUT2D eigenvalue weighted by atomic mass is 16.5. The zero-order valence-electron chi connectivity index (χ0n) is 17.7.